The molecule has 0 saturated carbocycles. The van der Waals surface area contributed by atoms with E-state index in [1.165, 1.54) is 23.3 Å². The summed E-state index contributed by atoms with van der Waals surface area (Å²) < 4.78 is 12.6. The smallest absolute Gasteiger partial charge is 0.141 e. The molecule has 0 aliphatic rings. The molecule has 6 N–H and O–H groups in total. The van der Waals surface area contributed by atoms with E-state index in [4.69, 9.17) is 17.3 Å². The van der Waals surface area contributed by atoms with Crippen LogP contribution < -0.4 is 17.3 Å². The predicted octanol–water partition coefficient (Wildman–Crippen LogP) is 0.000700. The molecule has 0 bridgehead atoms. The number of hydrogen-bond acceptors (Lipinski definition) is 5. The first-order chi connectivity index (χ1) is 7.49. The van der Waals surface area contributed by atoms with Crippen molar-refractivity contribution in [1.82, 2.24) is 9.99 Å². The van der Waals surface area contributed by atoms with Crippen LogP contribution in [0.1, 0.15) is 12.6 Å². The quantitative estimate of drug-likeness (QED) is 0.495. The number of pyridine rings is 1. The predicted molar refractivity (Wildman–Crippen MR) is 60.9 cm³/mol. The maximum Gasteiger partial charge on any atom is 0.141 e. The Balaban J connectivity index is 2.73. The van der Waals surface area contributed by atoms with E-state index >= 15 is 0 Å². The number of hydrazine groups is 1. The van der Waals surface area contributed by atoms with Gasteiger partial charge in [0.25, 0.3) is 0 Å². The summed E-state index contributed by atoms with van der Waals surface area (Å²) in [6.07, 6.45) is 2.62. The molecule has 6 heteroatoms. The van der Waals surface area contributed by atoms with Crippen LogP contribution in [0.5, 0.6) is 0 Å². The van der Waals surface area contributed by atoms with Gasteiger partial charge in [-0.25, -0.2) is 10.2 Å². The fraction of sp³-hybridized carbons (Fsp3) is 0.300. The van der Waals surface area contributed by atoms with Crippen LogP contribution in [0.3, 0.4) is 0 Å². The monoisotopic (exact) mass is 225 g/mol. The van der Waals surface area contributed by atoms with Gasteiger partial charge in [-0.15, -0.1) is 0 Å². The van der Waals surface area contributed by atoms with Crippen LogP contribution >= 0.6 is 0 Å². The SMILES string of the molecule is CC(N)CN(N)/C=C(\N)c1ccc(F)cn1. The van der Waals surface area contributed by atoms with Crippen LogP contribution in [0, 0.1) is 5.82 Å². The first-order valence-electron chi connectivity index (χ1n) is 4.85. The molecule has 0 amide bonds. The van der Waals surface area contributed by atoms with Gasteiger partial charge in [-0.3, -0.25) is 4.98 Å². The minimum atomic E-state index is -0.406. The maximum atomic E-state index is 12.6. The molecular formula is C10H16FN5. The van der Waals surface area contributed by atoms with Gasteiger partial charge >= 0.3 is 0 Å². The van der Waals surface area contributed by atoms with Crippen LogP contribution in [-0.4, -0.2) is 22.6 Å². The molecule has 88 valence electrons. The van der Waals surface area contributed by atoms with Crippen molar-refractivity contribution in [3.63, 3.8) is 0 Å². The molecule has 1 aromatic heterocycles. The lowest BCUT2D eigenvalue weighted by molar-refractivity contribution is 0.370. The van der Waals surface area contributed by atoms with Gasteiger partial charge in [0.2, 0.25) is 0 Å². The molecule has 0 radical (unpaired) electrons. The van der Waals surface area contributed by atoms with Crippen molar-refractivity contribution in [1.29, 1.82) is 0 Å². The van der Waals surface area contributed by atoms with Crippen molar-refractivity contribution in [3.05, 3.63) is 36.0 Å². The summed E-state index contributed by atoms with van der Waals surface area (Å²) in [7, 11) is 0. The average Bonchev–Trinajstić information content (AvgIpc) is 2.16. The Labute approximate surface area is 93.7 Å². The molecule has 0 aliphatic carbocycles. The maximum absolute atomic E-state index is 12.6. The lowest BCUT2D eigenvalue weighted by Gasteiger charge is -2.16. The minimum absolute atomic E-state index is 0.0600. The van der Waals surface area contributed by atoms with Crippen LogP contribution in [0.4, 0.5) is 4.39 Å². The molecule has 0 aliphatic heterocycles. The number of hydrogen-bond donors (Lipinski definition) is 3. The summed E-state index contributed by atoms with van der Waals surface area (Å²) in [5, 5.41) is 1.38. The van der Waals surface area contributed by atoms with E-state index in [2.05, 4.69) is 4.98 Å². The first-order valence-corrected chi connectivity index (χ1v) is 4.85. The lowest BCUT2D eigenvalue weighted by atomic mass is 10.3. The van der Waals surface area contributed by atoms with Crippen LogP contribution in [-0.2, 0) is 0 Å². The van der Waals surface area contributed by atoms with E-state index in [1.807, 2.05) is 6.92 Å². The summed E-state index contributed by atoms with van der Waals surface area (Å²) in [5.74, 6) is 5.23. The number of rotatable bonds is 4. The van der Waals surface area contributed by atoms with E-state index in [9.17, 15) is 4.39 Å². The summed E-state index contributed by atoms with van der Waals surface area (Å²) in [4.78, 5) is 3.83. The van der Waals surface area contributed by atoms with Gasteiger partial charge in [0.1, 0.15) is 5.82 Å². The minimum Gasteiger partial charge on any atom is -0.396 e. The fourth-order valence-electron chi connectivity index (χ4n) is 1.18. The highest BCUT2D eigenvalue weighted by atomic mass is 19.1. The molecule has 0 fully saturated rings. The highest BCUT2D eigenvalue weighted by Crippen LogP contribution is 2.06. The van der Waals surface area contributed by atoms with Gasteiger partial charge in [0.15, 0.2) is 0 Å². The molecule has 1 heterocycles. The van der Waals surface area contributed by atoms with Crippen molar-refractivity contribution in [3.8, 4) is 0 Å². The zero-order chi connectivity index (χ0) is 12.1. The van der Waals surface area contributed by atoms with Gasteiger partial charge in [0, 0.05) is 18.8 Å². The van der Waals surface area contributed by atoms with Crippen molar-refractivity contribution >= 4 is 5.70 Å². The second-order valence-corrected chi connectivity index (χ2v) is 3.62. The molecule has 1 aromatic rings. The molecule has 0 saturated heterocycles. The Morgan fingerprint density at radius 1 is 1.62 bits per heavy atom. The summed E-state index contributed by atoms with van der Waals surface area (Å²) in [6.45, 7) is 2.31. The number of nitrogens with zero attached hydrogens (tertiary/aromatic N) is 2. The Morgan fingerprint density at radius 2 is 2.31 bits per heavy atom. The third kappa shape index (κ3) is 3.84. The topological polar surface area (TPSA) is 94.2 Å². The van der Waals surface area contributed by atoms with E-state index in [0.29, 0.717) is 17.9 Å². The van der Waals surface area contributed by atoms with Gasteiger partial charge in [-0.2, -0.15) is 0 Å². The highest BCUT2D eigenvalue weighted by Gasteiger charge is 2.02. The van der Waals surface area contributed by atoms with Crippen molar-refractivity contribution < 1.29 is 4.39 Å². The molecule has 1 atom stereocenters. The zero-order valence-corrected chi connectivity index (χ0v) is 9.10. The fourth-order valence-corrected chi connectivity index (χ4v) is 1.18. The molecule has 0 spiro atoms. The summed E-state index contributed by atoms with van der Waals surface area (Å²) in [5.41, 5.74) is 12.1. The van der Waals surface area contributed by atoms with Crippen molar-refractivity contribution in [2.75, 3.05) is 6.54 Å². The third-order valence-corrected chi connectivity index (χ3v) is 1.83. The number of nitrogens with two attached hydrogens (primary N) is 3. The molecular weight excluding hydrogens is 209 g/mol. The third-order valence-electron chi connectivity index (χ3n) is 1.83. The second kappa shape index (κ2) is 5.43. The molecule has 0 aromatic carbocycles. The van der Waals surface area contributed by atoms with E-state index in [0.717, 1.165) is 6.20 Å². The zero-order valence-electron chi connectivity index (χ0n) is 9.10. The van der Waals surface area contributed by atoms with Crippen LogP contribution in [0.25, 0.3) is 5.70 Å². The summed E-state index contributed by atoms with van der Waals surface area (Å²) in [6, 6.07) is 2.71. The van der Waals surface area contributed by atoms with Crippen LogP contribution in [0.2, 0.25) is 0 Å². The Bertz CT molecular complexity index is 360. The number of halogens is 1. The van der Waals surface area contributed by atoms with Gasteiger partial charge in [-0.05, 0) is 19.1 Å². The Morgan fingerprint density at radius 3 is 2.81 bits per heavy atom. The lowest BCUT2D eigenvalue weighted by Crippen LogP contribution is -2.37. The standard InChI is InChI=1S/C10H16FN5/c1-7(12)5-16(14)6-9(13)10-3-2-8(11)4-15-10/h2-4,6-7H,5,12-14H2,1H3/b9-6-. The molecule has 1 rings (SSSR count). The number of aromatic nitrogens is 1. The van der Waals surface area contributed by atoms with E-state index < -0.39 is 5.82 Å². The van der Waals surface area contributed by atoms with Crippen LogP contribution in [0.15, 0.2) is 24.5 Å². The van der Waals surface area contributed by atoms with E-state index in [-0.39, 0.29) is 6.04 Å². The average molecular weight is 225 g/mol. The molecule has 5 nitrogen and oxygen atoms in total. The Kier molecular flexibility index (Phi) is 4.21. The van der Waals surface area contributed by atoms with Gasteiger partial charge in [-0.1, -0.05) is 0 Å². The summed E-state index contributed by atoms with van der Waals surface area (Å²) >= 11 is 0. The first kappa shape index (κ1) is 12.4. The Hall–Kier alpha value is -1.66. The van der Waals surface area contributed by atoms with E-state index in [1.54, 1.807) is 0 Å². The van der Waals surface area contributed by atoms with Crippen molar-refractivity contribution in [2.24, 2.45) is 17.3 Å². The normalized spacial score (nSPS) is 13.6. The largest absolute Gasteiger partial charge is 0.396 e. The molecule has 1 unspecified atom stereocenters. The van der Waals surface area contributed by atoms with Gasteiger partial charge < -0.3 is 16.5 Å². The van der Waals surface area contributed by atoms with Crippen molar-refractivity contribution in [2.45, 2.75) is 13.0 Å². The second-order valence-electron chi connectivity index (χ2n) is 3.62. The molecule has 16 heavy (non-hydrogen) atoms. The highest BCUT2D eigenvalue weighted by molar-refractivity contribution is 5.58. The van der Waals surface area contributed by atoms with Gasteiger partial charge in [0.05, 0.1) is 17.6 Å².